The molecule has 21 heavy (non-hydrogen) atoms. The molecule has 0 N–H and O–H groups in total. The normalized spacial score (nSPS) is 38.5. The molecule has 2 aliphatic carbocycles. The minimum absolute atomic E-state index is 0.428. The van der Waals surface area contributed by atoms with Crippen LogP contribution >= 0.6 is 0 Å². The molecule has 1 aromatic rings. The molecule has 3 aliphatic rings. The number of ether oxygens (including phenoxy) is 1. The van der Waals surface area contributed by atoms with Crippen LogP contribution < -0.4 is 4.74 Å². The molecule has 1 aliphatic heterocycles. The molecule has 1 saturated heterocycles. The summed E-state index contributed by atoms with van der Waals surface area (Å²) in [5.41, 5.74) is 3.64. The highest BCUT2D eigenvalue weighted by Gasteiger charge is 2.55. The minimum atomic E-state index is 0.428. The maximum Gasteiger partial charge on any atom is 0.119 e. The number of hydrogen-bond donors (Lipinski definition) is 0. The minimum Gasteiger partial charge on any atom is -0.497 e. The smallest absolute Gasteiger partial charge is 0.119 e. The van der Waals surface area contributed by atoms with Gasteiger partial charge in [0.2, 0.25) is 0 Å². The molecule has 2 nitrogen and oxygen atoms in total. The zero-order valence-corrected chi connectivity index (χ0v) is 13.6. The Balaban J connectivity index is 1.90. The summed E-state index contributed by atoms with van der Waals surface area (Å²) < 4.78 is 5.53. The maximum atomic E-state index is 5.53. The van der Waals surface area contributed by atoms with E-state index in [1.54, 1.807) is 18.2 Å². The van der Waals surface area contributed by atoms with E-state index in [2.05, 4.69) is 37.1 Å². The zero-order chi connectivity index (χ0) is 14.6. The maximum absolute atomic E-state index is 5.53. The van der Waals surface area contributed by atoms with E-state index in [0.29, 0.717) is 5.41 Å². The molecular formula is C19H27NO. The number of hydrogen-bond acceptors (Lipinski definition) is 2. The SMILES string of the molecule is COc1ccc2c(c1)[C@@]13CCC[C@H](C)C1[C@@H](C2)N(C)CC3. The van der Waals surface area contributed by atoms with E-state index in [-0.39, 0.29) is 0 Å². The second-order valence-electron chi connectivity index (χ2n) is 7.58. The van der Waals surface area contributed by atoms with Gasteiger partial charge in [-0.05, 0) is 68.0 Å². The Bertz CT molecular complexity index is 554. The third-order valence-corrected chi connectivity index (χ3v) is 6.71. The van der Waals surface area contributed by atoms with Gasteiger partial charge >= 0.3 is 0 Å². The average molecular weight is 285 g/mol. The summed E-state index contributed by atoms with van der Waals surface area (Å²) in [6.07, 6.45) is 6.75. The molecule has 0 spiro atoms. The molecule has 2 heteroatoms. The van der Waals surface area contributed by atoms with Crippen LogP contribution in [0.25, 0.3) is 0 Å². The lowest BCUT2D eigenvalue weighted by Gasteiger charge is -2.60. The van der Waals surface area contributed by atoms with Crippen LogP contribution in [0.2, 0.25) is 0 Å². The molecular weight excluding hydrogens is 258 g/mol. The van der Waals surface area contributed by atoms with Crippen LogP contribution in [0.3, 0.4) is 0 Å². The summed E-state index contributed by atoms with van der Waals surface area (Å²) in [6.45, 7) is 3.75. The third kappa shape index (κ3) is 1.81. The van der Waals surface area contributed by atoms with Gasteiger partial charge < -0.3 is 9.64 Å². The summed E-state index contributed by atoms with van der Waals surface area (Å²) in [7, 11) is 4.13. The Kier molecular flexibility index (Phi) is 3.08. The van der Waals surface area contributed by atoms with Crippen molar-refractivity contribution in [2.45, 2.75) is 50.5 Å². The molecule has 2 bridgehead atoms. The highest BCUT2D eigenvalue weighted by molar-refractivity contribution is 5.45. The highest BCUT2D eigenvalue weighted by Crippen LogP contribution is 2.57. The fraction of sp³-hybridized carbons (Fsp3) is 0.684. The van der Waals surface area contributed by atoms with Gasteiger partial charge in [0.05, 0.1) is 7.11 Å². The van der Waals surface area contributed by atoms with Crippen LogP contribution in [-0.2, 0) is 11.8 Å². The van der Waals surface area contributed by atoms with Crippen LogP contribution in [0.15, 0.2) is 18.2 Å². The Morgan fingerprint density at radius 1 is 1.29 bits per heavy atom. The Morgan fingerprint density at radius 2 is 2.14 bits per heavy atom. The van der Waals surface area contributed by atoms with E-state index in [9.17, 15) is 0 Å². The molecule has 114 valence electrons. The lowest BCUT2D eigenvalue weighted by molar-refractivity contribution is -0.0274. The second kappa shape index (κ2) is 4.74. The van der Waals surface area contributed by atoms with Gasteiger partial charge in [-0.3, -0.25) is 0 Å². The lowest BCUT2D eigenvalue weighted by Crippen LogP contribution is -2.61. The van der Waals surface area contributed by atoms with Crippen LogP contribution in [0, 0.1) is 11.8 Å². The summed E-state index contributed by atoms with van der Waals surface area (Å²) in [5, 5.41) is 0. The monoisotopic (exact) mass is 285 g/mol. The molecule has 1 unspecified atom stereocenters. The van der Waals surface area contributed by atoms with Crippen molar-refractivity contribution < 1.29 is 4.74 Å². The van der Waals surface area contributed by atoms with Crippen molar-refractivity contribution >= 4 is 0 Å². The van der Waals surface area contributed by atoms with E-state index in [4.69, 9.17) is 4.74 Å². The number of rotatable bonds is 1. The van der Waals surface area contributed by atoms with E-state index < -0.39 is 0 Å². The topological polar surface area (TPSA) is 12.5 Å². The molecule has 0 aromatic heterocycles. The molecule has 1 saturated carbocycles. The van der Waals surface area contributed by atoms with E-state index in [0.717, 1.165) is 23.6 Å². The Morgan fingerprint density at radius 3 is 2.95 bits per heavy atom. The largest absolute Gasteiger partial charge is 0.497 e. The molecule has 4 rings (SSSR count). The molecule has 1 aromatic carbocycles. The number of fused-ring (bicyclic) bond motifs is 1. The van der Waals surface area contributed by atoms with E-state index in [1.165, 1.54) is 38.6 Å². The number of nitrogens with zero attached hydrogens (tertiary/aromatic N) is 1. The molecule has 4 atom stereocenters. The van der Waals surface area contributed by atoms with Crippen molar-refractivity contribution in [3.8, 4) is 5.75 Å². The van der Waals surface area contributed by atoms with Crippen molar-refractivity contribution in [1.82, 2.24) is 4.90 Å². The van der Waals surface area contributed by atoms with Crippen LogP contribution in [-0.4, -0.2) is 31.6 Å². The summed E-state index contributed by atoms with van der Waals surface area (Å²) >= 11 is 0. The molecule has 1 heterocycles. The average Bonchev–Trinajstić information content (AvgIpc) is 2.51. The first-order chi connectivity index (χ1) is 10.2. The predicted molar refractivity (Wildman–Crippen MR) is 85.9 cm³/mol. The first-order valence-electron chi connectivity index (χ1n) is 8.53. The zero-order valence-electron chi connectivity index (χ0n) is 13.6. The van der Waals surface area contributed by atoms with E-state index >= 15 is 0 Å². The predicted octanol–water partition coefficient (Wildman–Crippen LogP) is 3.63. The van der Waals surface area contributed by atoms with Crippen LogP contribution in [0.4, 0.5) is 0 Å². The third-order valence-electron chi connectivity index (χ3n) is 6.71. The van der Waals surface area contributed by atoms with E-state index in [1.807, 2.05) is 0 Å². The number of methoxy groups -OCH3 is 1. The van der Waals surface area contributed by atoms with Gasteiger partial charge in [0.25, 0.3) is 0 Å². The molecule has 0 radical (unpaired) electrons. The van der Waals surface area contributed by atoms with Gasteiger partial charge in [-0.2, -0.15) is 0 Å². The van der Waals surface area contributed by atoms with Gasteiger partial charge in [-0.15, -0.1) is 0 Å². The van der Waals surface area contributed by atoms with Gasteiger partial charge in [0.15, 0.2) is 0 Å². The first kappa shape index (κ1) is 13.6. The van der Waals surface area contributed by atoms with Crippen LogP contribution in [0.1, 0.15) is 43.7 Å². The number of likely N-dealkylation sites (tertiary alicyclic amines) is 1. The van der Waals surface area contributed by atoms with Crippen molar-refractivity contribution in [2.24, 2.45) is 11.8 Å². The van der Waals surface area contributed by atoms with Gasteiger partial charge in [0.1, 0.15) is 5.75 Å². The van der Waals surface area contributed by atoms with Crippen molar-refractivity contribution in [3.63, 3.8) is 0 Å². The fourth-order valence-corrected chi connectivity index (χ4v) is 5.77. The van der Waals surface area contributed by atoms with Gasteiger partial charge in [0, 0.05) is 11.5 Å². The number of benzene rings is 1. The standard InChI is InChI=1S/C19H27NO/c1-13-5-4-8-19-9-10-20(2)17(18(13)19)11-14-6-7-15(21-3)12-16(14)19/h6-7,12-13,17-18H,4-5,8-11H2,1-3H3/t13-,17+,18?,19-/m0/s1. The van der Waals surface area contributed by atoms with Gasteiger partial charge in [-0.1, -0.05) is 25.8 Å². The molecule has 2 fully saturated rings. The number of piperidine rings is 1. The first-order valence-corrected chi connectivity index (χ1v) is 8.53. The second-order valence-corrected chi connectivity index (χ2v) is 7.58. The summed E-state index contributed by atoms with van der Waals surface area (Å²) in [4.78, 5) is 2.64. The highest BCUT2D eigenvalue weighted by atomic mass is 16.5. The Labute approximate surface area is 128 Å². The fourth-order valence-electron chi connectivity index (χ4n) is 5.77. The quantitative estimate of drug-likeness (QED) is 0.781. The lowest BCUT2D eigenvalue weighted by atomic mass is 9.50. The Hall–Kier alpha value is -1.02. The van der Waals surface area contributed by atoms with Crippen molar-refractivity contribution in [1.29, 1.82) is 0 Å². The molecule has 0 amide bonds. The van der Waals surface area contributed by atoms with Crippen molar-refractivity contribution in [3.05, 3.63) is 29.3 Å². The summed E-state index contributed by atoms with van der Waals surface area (Å²) in [5.74, 6) is 2.73. The van der Waals surface area contributed by atoms with Crippen molar-refractivity contribution in [2.75, 3.05) is 20.7 Å². The van der Waals surface area contributed by atoms with Crippen LogP contribution in [0.5, 0.6) is 5.75 Å². The summed E-state index contributed by atoms with van der Waals surface area (Å²) in [6, 6.07) is 7.59. The van der Waals surface area contributed by atoms with Gasteiger partial charge in [-0.25, -0.2) is 0 Å². The number of likely N-dealkylation sites (N-methyl/N-ethyl adjacent to an activating group) is 1.